The largest absolute Gasteiger partial charge is 0.355 e. The lowest BCUT2D eigenvalue weighted by Crippen LogP contribution is -2.50. The van der Waals surface area contributed by atoms with E-state index in [0.29, 0.717) is 38.0 Å². The van der Waals surface area contributed by atoms with Gasteiger partial charge in [0.15, 0.2) is 0 Å². The van der Waals surface area contributed by atoms with Crippen LogP contribution >= 0.6 is 0 Å². The highest BCUT2D eigenvalue weighted by Crippen LogP contribution is 2.18. The van der Waals surface area contributed by atoms with Gasteiger partial charge in [-0.1, -0.05) is 55.5 Å². The first-order valence-corrected chi connectivity index (χ1v) is 13.3. The Morgan fingerprint density at radius 1 is 0.939 bits per heavy atom. The van der Waals surface area contributed by atoms with Crippen molar-refractivity contribution in [3.8, 4) is 0 Å². The third kappa shape index (κ3) is 8.20. The first-order valence-electron chi connectivity index (χ1n) is 11.4. The molecule has 0 fully saturated rings. The van der Waals surface area contributed by atoms with E-state index in [4.69, 9.17) is 0 Å². The number of sulfonamides is 1. The van der Waals surface area contributed by atoms with Crippen molar-refractivity contribution >= 4 is 27.5 Å². The summed E-state index contributed by atoms with van der Waals surface area (Å²) in [6.07, 6.45) is 2.82. The molecule has 1 atom stereocenters. The second-order valence-corrected chi connectivity index (χ2v) is 9.82. The third-order valence-corrected chi connectivity index (χ3v) is 6.61. The van der Waals surface area contributed by atoms with E-state index in [1.807, 2.05) is 50.2 Å². The average molecular weight is 474 g/mol. The van der Waals surface area contributed by atoms with Crippen LogP contribution in [0.5, 0.6) is 0 Å². The van der Waals surface area contributed by atoms with Gasteiger partial charge in [-0.25, -0.2) is 8.42 Å². The molecule has 0 spiro atoms. The molecule has 2 aromatic rings. The first-order chi connectivity index (χ1) is 15.8. The minimum atomic E-state index is -3.48. The van der Waals surface area contributed by atoms with Gasteiger partial charge in [-0.05, 0) is 43.9 Å². The predicted molar refractivity (Wildman–Crippen MR) is 132 cm³/mol. The maximum absolute atomic E-state index is 13.2. The quantitative estimate of drug-likeness (QED) is 0.484. The monoisotopic (exact) mass is 473 g/mol. The molecule has 180 valence electrons. The summed E-state index contributed by atoms with van der Waals surface area (Å²) in [6.45, 7) is 4.86. The summed E-state index contributed by atoms with van der Waals surface area (Å²) < 4.78 is 25.9. The number of hydrogen-bond acceptors (Lipinski definition) is 4. The number of carbonyl (C=O) groups excluding carboxylic acids is 2. The maximum Gasteiger partial charge on any atom is 0.242 e. The zero-order chi connectivity index (χ0) is 24.3. The van der Waals surface area contributed by atoms with E-state index in [2.05, 4.69) is 5.32 Å². The van der Waals surface area contributed by atoms with Gasteiger partial charge in [0.05, 0.1) is 11.9 Å². The van der Waals surface area contributed by atoms with Crippen molar-refractivity contribution < 1.29 is 18.0 Å². The zero-order valence-electron chi connectivity index (χ0n) is 19.7. The van der Waals surface area contributed by atoms with Crippen molar-refractivity contribution in [2.24, 2.45) is 0 Å². The third-order valence-electron chi connectivity index (χ3n) is 5.42. The molecule has 2 aromatic carbocycles. The number of hydrogen-bond donors (Lipinski definition) is 1. The number of benzene rings is 2. The van der Waals surface area contributed by atoms with Crippen LogP contribution in [0.2, 0.25) is 0 Å². The Morgan fingerprint density at radius 2 is 1.55 bits per heavy atom. The molecule has 33 heavy (non-hydrogen) atoms. The fraction of sp³-hybridized carbons (Fsp3) is 0.440. The summed E-state index contributed by atoms with van der Waals surface area (Å²) in [7, 11) is -3.48. The highest BCUT2D eigenvalue weighted by molar-refractivity contribution is 7.92. The van der Waals surface area contributed by atoms with Gasteiger partial charge in [0.1, 0.15) is 6.04 Å². The van der Waals surface area contributed by atoms with Gasteiger partial charge in [0, 0.05) is 26.1 Å². The molecule has 0 aliphatic heterocycles. The number of nitrogens with zero attached hydrogens (tertiary/aromatic N) is 2. The Morgan fingerprint density at radius 3 is 2.09 bits per heavy atom. The van der Waals surface area contributed by atoms with Crippen LogP contribution in [0.1, 0.15) is 38.7 Å². The van der Waals surface area contributed by atoms with Crippen molar-refractivity contribution in [1.82, 2.24) is 10.2 Å². The Kier molecular flexibility index (Phi) is 10.4. The van der Waals surface area contributed by atoms with Crippen LogP contribution in [-0.4, -0.2) is 57.1 Å². The van der Waals surface area contributed by atoms with Crippen molar-refractivity contribution in [1.29, 1.82) is 0 Å². The van der Waals surface area contributed by atoms with Crippen LogP contribution < -0.4 is 9.62 Å². The predicted octanol–water partition coefficient (Wildman–Crippen LogP) is 3.22. The van der Waals surface area contributed by atoms with Crippen LogP contribution in [-0.2, 0) is 26.0 Å². The number of likely N-dealkylation sites (N-methyl/N-ethyl adjacent to an activating group) is 1. The maximum atomic E-state index is 13.2. The lowest BCUT2D eigenvalue weighted by molar-refractivity contribution is -0.140. The van der Waals surface area contributed by atoms with Crippen molar-refractivity contribution in [3.63, 3.8) is 0 Å². The van der Waals surface area contributed by atoms with Crippen LogP contribution in [0, 0.1) is 0 Å². The molecule has 1 N–H and O–H groups in total. The molecule has 0 unspecified atom stereocenters. The minimum Gasteiger partial charge on any atom is -0.355 e. The van der Waals surface area contributed by atoms with E-state index in [1.165, 1.54) is 4.31 Å². The number of carbonyl (C=O) groups is 2. The SMILES string of the molecule is CCNC(=O)[C@@H](CC)N(CCc1ccccc1)C(=O)CCCN(c1ccccc1)S(C)(=O)=O. The zero-order valence-corrected chi connectivity index (χ0v) is 20.6. The van der Waals surface area contributed by atoms with Crippen LogP contribution in [0.4, 0.5) is 5.69 Å². The van der Waals surface area contributed by atoms with Crippen LogP contribution in [0.15, 0.2) is 60.7 Å². The molecule has 0 radical (unpaired) electrons. The molecule has 0 bridgehead atoms. The minimum absolute atomic E-state index is 0.148. The summed E-state index contributed by atoms with van der Waals surface area (Å²) in [5, 5.41) is 2.83. The Bertz CT molecular complexity index is 981. The molecule has 2 rings (SSSR count). The molecule has 0 heterocycles. The lowest BCUT2D eigenvalue weighted by Gasteiger charge is -2.31. The van der Waals surface area contributed by atoms with Crippen molar-refractivity contribution in [2.75, 3.05) is 30.2 Å². The highest BCUT2D eigenvalue weighted by atomic mass is 32.2. The number of anilines is 1. The molecule has 2 amide bonds. The van der Waals surface area contributed by atoms with Crippen molar-refractivity contribution in [2.45, 2.75) is 45.6 Å². The molecular weight excluding hydrogens is 438 g/mol. The van der Waals surface area contributed by atoms with E-state index in [0.717, 1.165) is 11.8 Å². The van der Waals surface area contributed by atoms with Crippen LogP contribution in [0.3, 0.4) is 0 Å². The van der Waals surface area contributed by atoms with Crippen molar-refractivity contribution in [3.05, 3.63) is 66.2 Å². The molecule has 7 nitrogen and oxygen atoms in total. The fourth-order valence-electron chi connectivity index (χ4n) is 3.79. The smallest absolute Gasteiger partial charge is 0.242 e. The molecular formula is C25H35N3O4S. The van der Waals surface area contributed by atoms with E-state index in [1.54, 1.807) is 29.2 Å². The summed E-state index contributed by atoms with van der Waals surface area (Å²) in [6, 6.07) is 18.1. The van der Waals surface area contributed by atoms with E-state index in [-0.39, 0.29) is 24.8 Å². The summed E-state index contributed by atoms with van der Waals surface area (Å²) in [4.78, 5) is 27.5. The first kappa shape index (κ1) is 26.4. The molecule has 0 saturated heterocycles. The summed E-state index contributed by atoms with van der Waals surface area (Å²) in [5.41, 5.74) is 1.66. The molecule has 0 aliphatic rings. The Balaban J connectivity index is 2.11. The Labute approximate surface area is 197 Å². The Hall–Kier alpha value is -2.87. The number of amides is 2. The summed E-state index contributed by atoms with van der Waals surface area (Å²) in [5.74, 6) is -0.311. The van der Waals surface area contributed by atoms with Gasteiger partial charge in [-0.2, -0.15) is 0 Å². The number of para-hydroxylation sites is 1. The molecule has 0 aromatic heterocycles. The molecule has 8 heteroatoms. The van der Waals surface area contributed by atoms with Gasteiger partial charge >= 0.3 is 0 Å². The second-order valence-electron chi connectivity index (χ2n) is 7.92. The number of nitrogens with one attached hydrogen (secondary N) is 1. The van der Waals surface area contributed by atoms with E-state index < -0.39 is 16.1 Å². The average Bonchev–Trinajstić information content (AvgIpc) is 2.79. The van der Waals surface area contributed by atoms with E-state index >= 15 is 0 Å². The highest BCUT2D eigenvalue weighted by Gasteiger charge is 2.28. The van der Waals surface area contributed by atoms with Gasteiger partial charge < -0.3 is 10.2 Å². The van der Waals surface area contributed by atoms with Gasteiger partial charge in [-0.15, -0.1) is 0 Å². The molecule has 0 saturated carbocycles. The fourth-order valence-corrected chi connectivity index (χ4v) is 4.75. The standard InChI is InChI=1S/C25H35N3O4S/c1-4-23(25(30)26-5-2)27(20-18-21-13-8-6-9-14-21)24(29)17-12-19-28(33(3,31)32)22-15-10-7-11-16-22/h6-11,13-16,23H,4-5,12,17-20H2,1-3H3,(H,26,30)/t23-/m1/s1. The normalized spacial score (nSPS) is 12.1. The van der Waals surface area contributed by atoms with Gasteiger partial charge in [-0.3, -0.25) is 13.9 Å². The van der Waals surface area contributed by atoms with Gasteiger partial charge in [0.2, 0.25) is 21.8 Å². The van der Waals surface area contributed by atoms with Gasteiger partial charge in [0.25, 0.3) is 0 Å². The lowest BCUT2D eigenvalue weighted by atomic mass is 10.1. The number of rotatable bonds is 13. The van der Waals surface area contributed by atoms with Crippen LogP contribution in [0.25, 0.3) is 0 Å². The summed E-state index contributed by atoms with van der Waals surface area (Å²) >= 11 is 0. The molecule has 0 aliphatic carbocycles. The topological polar surface area (TPSA) is 86.8 Å². The van der Waals surface area contributed by atoms with E-state index in [9.17, 15) is 18.0 Å². The second kappa shape index (κ2) is 13.0.